The number of aliphatic hydroxyl groups is 1. The molecule has 1 aliphatic carbocycles. The van der Waals surface area contributed by atoms with Gasteiger partial charge in [0.25, 0.3) is 0 Å². The van der Waals surface area contributed by atoms with Gasteiger partial charge in [-0.3, -0.25) is 4.79 Å². The molecule has 0 aromatic heterocycles. The fraction of sp³-hybridized carbons (Fsp3) is 0.550. The van der Waals surface area contributed by atoms with Gasteiger partial charge in [-0.15, -0.1) is 23.4 Å². The summed E-state index contributed by atoms with van der Waals surface area (Å²) in [6.45, 7) is 2.07. The van der Waals surface area contributed by atoms with E-state index in [2.05, 4.69) is 42.6 Å². The molecule has 6 heteroatoms. The van der Waals surface area contributed by atoms with Crippen LogP contribution in [0.4, 0.5) is 0 Å². The highest BCUT2D eigenvalue weighted by Crippen LogP contribution is 2.51. The van der Waals surface area contributed by atoms with Gasteiger partial charge in [0.05, 0.1) is 16.7 Å². The van der Waals surface area contributed by atoms with E-state index in [-0.39, 0.29) is 46.4 Å². The third kappa shape index (κ3) is 2.99. The minimum atomic E-state index is -0.515. The van der Waals surface area contributed by atoms with Gasteiger partial charge >= 0.3 is 0 Å². The maximum absolute atomic E-state index is 12.4. The van der Waals surface area contributed by atoms with E-state index < -0.39 is 6.10 Å². The van der Waals surface area contributed by atoms with Crippen molar-refractivity contribution in [1.82, 2.24) is 5.32 Å². The molecule has 2 aliphatic heterocycles. The normalized spacial score (nSPS) is 39.8. The Morgan fingerprint density at radius 2 is 2.12 bits per heavy atom. The van der Waals surface area contributed by atoms with Crippen LogP contribution in [0.2, 0.25) is 0 Å². The highest BCUT2D eigenvalue weighted by molar-refractivity contribution is 8.03. The maximum Gasteiger partial charge on any atom is 0.234 e. The summed E-state index contributed by atoms with van der Waals surface area (Å²) in [6, 6.07) is 8.22. The Balaban J connectivity index is 1.69. The van der Waals surface area contributed by atoms with E-state index in [1.54, 1.807) is 11.8 Å². The van der Waals surface area contributed by atoms with Crippen molar-refractivity contribution in [2.24, 2.45) is 17.6 Å². The molecule has 3 aliphatic rings. The number of rotatable bonds is 3. The van der Waals surface area contributed by atoms with Crippen molar-refractivity contribution < 1.29 is 9.90 Å². The standard InChI is InChI=1S/C20H25ClN2O2S/c1-2-14(22)10-3-5-11(6-4-10)16-15(24)9-13(21)18-17(16)12-7-8-26-19(12)20(25)23-18/h3-8,12-19,24H,2,9,22H2,1H3,(H,23,25). The lowest BCUT2D eigenvalue weighted by Crippen LogP contribution is -2.63. The molecule has 8 unspecified atom stereocenters. The first-order valence-electron chi connectivity index (χ1n) is 9.31. The van der Waals surface area contributed by atoms with E-state index in [9.17, 15) is 9.90 Å². The van der Waals surface area contributed by atoms with Crippen LogP contribution in [0.3, 0.4) is 0 Å². The van der Waals surface area contributed by atoms with Crippen LogP contribution in [0.1, 0.15) is 42.9 Å². The first kappa shape index (κ1) is 18.4. The van der Waals surface area contributed by atoms with Gasteiger partial charge in [0, 0.05) is 23.9 Å². The Morgan fingerprint density at radius 1 is 1.38 bits per heavy atom. The molecule has 0 radical (unpaired) electrons. The molecule has 26 heavy (non-hydrogen) atoms. The average molecular weight is 393 g/mol. The fourth-order valence-electron chi connectivity index (χ4n) is 4.78. The van der Waals surface area contributed by atoms with E-state index in [4.69, 9.17) is 17.3 Å². The summed E-state index contributed by atoms with van der Waals surface area (Å²) in [5.74, 6) is 0.230. The second-order valence-electron chi connectivity index (χ2n) is 7.60. The summed E-state index contributed by atoms with van der Waals surface area (Å²) in [5, 5.41) is 15.7. The second-order valence-corrected chi connectivity index (χ2v) is 9.21. The summed E-state index contributed by atoms with van der Waals surface area (Å²) in [6.07, 6.45) is 2.99. The molecule has 0 bridgehead atoms. The Labute approximate surface area is 163 Å². The summed E-state index contributed by atoms with van der Waals surface area (Å²) in [4.78, 5) is 12.4. The minimum Gasteiger partial charge on any atom is -0.392 e. The van der Waals surface area contributed by atoms with Crippen molar-refractivity contribution in [3.05, 3.63) is 46.9 Å². The molecule has 4 rings (SSSR count). The number of carbonyl (C=O) groups excluding carboxylic acids is 1. The number of amides is 1. The van der Waals surface area contributed by atoms with Crippen LogP contribution in [0.15, 0.2) is 35.7 Å². The zero-order chi connectivity index (χ0) is 18.4. The molecule has 8 atom stereocenters. The average Bonchev–Trinajstić information content (AvgIpc) is 3.13. The van der Waals surface area contributed by atoms with E-state index in [0.29, 0.717) is 6.42 Å². The fourth-order valence-corrected chi connectivity index (χ4v) is 6.28. The number of hydrogen-bond donors (Lipinski definition) is 3. The van der Waals surface area contributed by atoms with Gasteiger partial charge in [-0.05, 0) is 35.3 Å². The Hall–Kier alpha value is -1.01. The molecule has 1 saturated heterocycles. The van der Waals surface area contributed by atoms with Crippen molar-refractivity contribution in [3.8, 4) is 0 Å². The van der Waals surface area contributed by atoms with Crippen LogP contribution < -0.4 is 11.1 Å². The number of benzene rings is 1. The quantitative estimate of drug-likeness (QED) is 0.691. The molecule has 1 aromatic carbocycles. The molecule has 4 N–H and O–H groups in total. The van der Waals surface area contributed by atoms with Crippen molar-refractivity contribution in [1.29, 1.82) is 0 Å². The number of halogens is 1. The third-order valence-electron chi connectivity index (χ3n) is 6.18. The summed E-state index contributed by atoms with van der Waals surface area (Å²) >= 11 is 8.12. The van der Waals surface area contributed by atoms with Crippen LogP contribution in [-0.2, 0) is 4.79 Å². The highest BCUT2D eigenvalue weighted by atomic mass is 35.5. The number of nitrogens with two attached hydrogens (primary N) is 1. The van der Waals surface area contributed by atoms with Crippen molar-refractivity contribution >= 4 is 29.3 Å². The third-order valence-corrected chi connectivity index (χ3v) is 7.76. The van der Waals surface area contributed by atoms with Gasteiger partial charge in [0.15, 0.2) is 0 Å². The number of carbonyl (C=O) groups is 1. The molecular weight excluding hydrogens is 368 g/mol. The molecule has 140 valence electrons. The molecule has 1 amide bonds. The van der Waals surface area contributed by atoms with E-state index in [1.165, 1.54) is 0 Å². The Kier molecular flexibility index (Phi) is 5.08. The monoisotopic (exact) mass is 392 g/mol. The smallest absolute Gasteiger partial charge is 0.234 e. The molecule has 4 nitrogen and oxygen atoms in total. The van der Waals surface area contributed by atoms with E-state index in [0.717, 1.165) is 17.5 Å². The Bertz CT molecular complexity index is 710. The number of piperidine rings is 1. The van der Waals surface area contributed by atoms with Crippen LogP contribution in [-0.4, -0.2) is 33.8 Å². The zero-order valence-electron chi connectivity index (χ0n) is 14.7. The largest absolute Gasteiger partial charge is 0.392 e. The van der Waals surface area contributed by atoms with Gasteiger partial charge in [-0.1, -0.05) is 37.3 Å². The van der Waals surface area contributed by atoms with Gasteiger partial charge < -0.3 is 16.2 Å². The van der Waals surface area contributed by atoms with Crippen molar-refractivity contribution in [2.75, 3.05) is 0 Å². The van der Waals surface area contributed by atoms with Gasteiger partial charge in [-0.2, -0.15) is 0 Å². The van der Waals surface area contributed by atoms with Gasteiger partial charge in [-0.25, -0.2) is 0 Å². The Morgan fingerprint density at radius 3 is 2.81 bits per heavy atom. The maximum atomic E-state index is 12.4. The number of thioether (sulfide) groups is 1. The molecule has 2 fully saturated rings. The predicted octanol–water partition coefficient (Wildman–Crippen LogP) is 2.91. The summed E-state index contributed by atoms with van der Waals surface area (Å²) in [7, 11) is 0. The molecule has 1 saturated carbocycles. The lowest BCUT2D eigenvalue weighted by molar-refractivity contribution is -0.126. The number of aliphatic hydroxyl groups excluding tert-OH is 1. The number of allylic oxidation sites excluding steroid dienone is 1. The number of alkyl halides is 1. The molecular formula is C20H25ClN2O2S. The zero-order valence-corrected chi connectivity index (χ0v) is 16.3. The number of fused-ring (bicyclic) bond motifs is 3. The van der Waals surface area contributed by atoms with Crippen LogP contribution in [0.5, 0.6) is 0 Å². The minimum absolute atomic E-state index is 0.0350. The lowest BCUT2D eigenvalue weighted by atomic mass is 9.63. The van der Waals surface area contributed by atoms with Gasteiger partial charge in [0.2, 0.25) is 5.91 Å². The second kappa shape index (κ2) is 7.19. The lowest BCUT2D eigenvalue weighted by Gasteiger charge is -2.50. The first-order chi connectivity index (χ1) is 12.5. The first-order valence-corrected chi connectivity index (χ1v) is 10.7. The van der Waals surface area contributed by atoms with Gasteiger partial charge in [0.1, 0.15) is 0 Å². The molecule has 2 heterocycles. The molecule has 1 aromatic rings. The SMILES string of the molecule is CCC(N)c1ccc(C2C(O)CC(Cl)C3NC(=O)C4SC=CC4C32)cc1. The highest BCUT2D eigenvalue weighted by Gasteiger charge is 2.54. The van der Waals surface area contributed by atoms with Crippen LogP contribution in [0.25, 0.3) is 0 Å². The van der Waals surface area contributed by atoms with E-state index >= 15 is 0 Å². The van der Waals surface area contributed by atoms with E-state index in [1.807, 2.05) is 5.41 Å². The van der Waals surface area contributed by atoms with Crippen molar-refractivity contribution in [3.63, 3.8) is 0 Å². The van der Waals surface area contributed by atoms with Crippen molar-refractivity contribution in [2.45, 2.75) is 54.5 Å². The van der Waals surface area contributed by atoms with Crippen LogP contribution >= 0.6 is 23.4 Å². The summed E-state index contributed by atoms with van der Waals surface area (Å²) < 4.78 is 0. The summed E-state index contributed by atoms with van der Waals surface area (Å²) in [5.41, 5.74) is 8.34. The predicted molar refractivity (Wildman–Crippen MR) is 106 cm³/mol. The molecule has 0 spiro atoms. The number of hydrogen-bond acceptors (Lipinski definition) is 4. The topological polar surface area (TPSA) is 75.3 Å². The number of nitrogens with one attached hydrogen (secondary N) is 1. The van der Waals surface area contributed by atoms with Crippen LogP contribution in [0, 0.1) is 11.8 Å².